The third-order valence-electron chi connectivity index (χ3n) is 11.1. The molecule has 5 rings (SSSR count). The van der Waals surface area contributed by atoms with E-state index in [1.165, 1.54) is 7.05 Å². The molecule has 2 aliphatic heterocycles. The summed E-state index contributed by atoms with van der Waals surface area (Å²) >= 11 is 1.80. The van der Waals surface area contributed by atoms with Crippen LogP contribution in [0.3, 0.4) is 0 Å². The minimum atomic E-state index is -4.09. The zero-order chi connectivity index (χ0) is 48.3. The van der Waals surface area contributed by atoms with E-state index in [2.05, 4.69) is 42.1 Å². The van der Waals surface area contributed by atoms with Crippen LogP contribution in [0.25, 0.3) is 0 Å². The lowest BCUT2D eigenvalue weighted by Crippen LogP contribution is -2.29. The predicted octanol–water partition coefficient (Wildman–Crippen LogP) is 7.24. The lowest BCUT2D eigenvalue weighted by atomic mass is 9.81. The van der Waals surface area contributed by atoms with Crippen molar-refractivity contribution in [2.75, 3.05) is 43.1 Å². The highest BCUT2D eigenvalue weighted by atomic mass is 32.2. The first-order valence-electron chi connectivity index (χ1n) is 20.6. The molecular formula is C43H55N4O15S4+. The summed E-state index contributed by atoms with van der Waals surface area (Å²) in [6, 6.07) is 13.0. The maximum absolute atomic E-state index is 13.8. The van der Waals surface area contributed by atoms with Crippen molar-refractivity contribution in [3.05, 3.63) is 108 Å². The maximum Gasteiger partial charge on any atom is 0.333 e. The summed E-state index contributed by atoms with van der Waals surface area (Å²) < 4.78 is 72.7. The number of benzene rings is 2. The topological polar surface area (TPSA) is 247 Å². The van der Waals surface area contributed by atoms with Crippen LogP contribution in [0.4, 0.5) is 11.4 Å². The van der Waals surface area contributed by atoms with Crippen LogP contribution in [0.2, 0.25) is 0 Å². The lowest BCUT2D eigenvalue weighted by molar-refractivity contribution is -0.438. The van der Waals surface area contributed by atoms with Crippen LogP contribution in [0, 0.1) is 0 Å². The highest BCUT2D eigenvalue weighted by molar-refractivity contribution is 7.94. The number of hydrogen-bond acceptors (Lipinski definition) is 17. The zero-order valence-corrected chi connectivity index (χ0v) is 40.2. The summed E-state index contributed by atoms with van der Waals surface area (Å²) in [7, 11) is -6.66. The summed E-state index contributed by atoms with van der Waals surface area (Å²) in [4.78, 5) is 20.2. The van der Waals surface area contributed by atoms with Crippen LogP contribution in [0.15, 0.2) is 107 Å². The molecule has 3 heterocycles. The Kier molecular flexibility index (Phi) is 18.3. The van der Waals surface area contributed by atoms with Gasteiger partial charge >= 0.3 is 5.97 Å². The Morgan fingerprint density at radius 2 is 1.53 bits per heavy atom. The van der Waals surface area contributed by atoms with Gasteiger partial charge in [-0.05, 0) is 75.1 Å². The quantitative estimate of drug-likeness (QED) is 0.0107. The number of unbranched alkanes of at least 4 members (excludes halogenated alkanes) is 1. The number of anilines is 1. The van der Waals surface area contributed by atoms with E-state index < -0.39 is 48.7 Å². The summed E-state index contributed by atoms with van der Waals surface area (Å²) in [5.74, 6) is -1.55. The second-order valence-electron chi connectivity index (χ2n) is 16.3. The van der Waals surface area contributed by atoms with E-state index in [-0.39, 0.29) is 36.5 Å². The fraction of sp³-hybridized carbons (Fsp3) is 0.395. The second kappa shape index (κ2) is 23.0. The molecule has 360 valence electrons. The molecule has 2 aromatic carbocycles. The van der Waals surface area contributed by atoms with Gasteiger partial charge in [0.1, 0.15) is 6.54 Å². The highest BCUT2D eigenvalue weighted by Crippen LogP contribution is 2.49. The van der Waals surface area contributed by atoms with Crippen molar-refractivity contribution in [2.45, 2.75) is 80.4 Å². The second-order valence-corrected chi connectivity index (χ2v) is 21.4. The van der Waals surface area contributed by atoms with Crippen molar-refractivity contribution in [3.8, 4) is 11.8 Å². The number of carbonyl (C=O) groups excluding carboxylic acids is 1. The monoisotopic (exact) mass is 995 g/mol. The van der Waals surface area contributed by atoms with Crippen molar-refractivity contribution in [2.24, 2.45) is 0 Å². The first-order chi connectivity index (χ1) is 31.2. The van der Waals surface area contributed by atoms with Gasteiger partial charge in [-0.15, -0.1) is 13.4 Å². The summed E-state index contributed by atoms with van der Waals surface area (Å²) in [5, 5.41) is 44.2. The number of aromatic hydroxyl groups is 2. The van der Waals surface area contributed by atoms with Gasteiger partial charge in [0.05, 0.1) is 28.1 Å². The van der Waals surface area contributed by atoms with Crippen LogP contribution < -0.4 is 9.74 Å². The molecule has 3 aromatic rings. The van der Waals surface area contributed by atoms with Gasteiger partial charge in [0.15, 0.2) is 5.71 Å². The Bertz CT molecular complexity index is 2570. The first-order valence-corrected chi connectivity index (χ1v) is 25.3. The van der Waals surface area contributed by atoms with Gasteiger partial charge in [-0.1, -0.05) is 54.3 Å². The summed E-state index contributed by atoms with van der Waals surface area (Å²) in [6.45, 7) is 9.19. The van der Waals surface area contributed by atoms with Crippen LogP contribution in [-0.2, 0) is 54.5 Å². The molecule has 0 saturated carbocycles. The van der Waals surface area contributed by atoms with E-state index in [1.807, 2.05) is 74.6 Å². The Balaban J connectivity index is 1.33. The minimum absolute atomic E-state index is 0.00938. The molecule has 66 heavy (non-hydrogen) atoms. The molecular weight excluding hydrogens is 941 g/mol. The van der Waals surface area contributed by atoms with Crippen LogP contribution in [0.5, 0.6) is 11.8 Å². The van der Waals surface area contributed by atoms with Crippen molar-refractivity contribution < 1.29 is 75.1 Å². The molecule has 23 heteroatoms. The van der Waals surface area contributed by atoms with Crippen LogP contribution in [0.1, 0.15) is 70.9 Å². The minimum Gasteiger partial charge on any atom is -0.492 e. The van der Waals surface area contributed by atoms with Gasteiger partial charge in [-0.3, -0.25) is 4.55 Å². The molecule has 5 N–H and O–H groups in total. The molecule has 19 nitrogen and oxygen atoms in total. The Hall–Kier alpha value is -4.50. The molecule has 0 fully saturated rings. The lowest BCUT2D eigenvalue weighted by Gasteiger charge is -2.27. The van der Waals surface area contributed by atoms with E-state index in [4.69, 9.17) is 15.4 Å². The molecule has 0 aliphatic carbocycles. The normalized spacial score (nSPS) is 16.5. The molecule has 0 radical (unpaired) electrons. The Morgan fingerprint density at radius 3 is 2.23 bits per heavy atom. The molecule has 0 amide bonds. The van der Waals surface area contributed by atoms with Crippen molar-refractivity contribution in [3.63, 3.8) is 0 Å². The summed E-state index contributed by atoms with van der Waals surface area (Å²) in [5.41, 5.74) is 4.26. The molecule has 0 saturated heterocycles. The molecule has 0 unspecified atom stereocenters. The molecule has 0 atom stereocenters. The Labute approximate surface area is 392 Å². The van der Waals surface area contributed by atoms with Crippen LogP contribution in [-0.4, -0.2) is 106 Å². The zero-order valence-electron chi connectivity index (χ0n) is 37.0. The van der Waals surface area contributed by atoms with E-state index >= 15 is 0 Å². The number of aromatic nitrogens is 1. The smallest absolute Gasteiger partial charge is 0.333 e. The van der Waals surface area contributed by atoms with Crippen LogP contribution >= 0.6 is 24.1 Å². The van der Waals surface area contributed by atoms with E-state index in [9.17, 15) is 36.4 Å². The van der Waals surface area contributed by atoms with E-state index in [0.29, 0.717) is 41.3 Å². The number of nitrogens with zero attached hydrogens (tertiary/aromatic N) is 4. The fourth-order valence-corrected chi connectivity index (χ4v) is 10.4. The average Bonchev–Trinajstić information content (AvgIpc) is 3.77. The third-order valence-corrected chi connectivity index (χ3v) is 15.0. The number of fused-ring (bicyclic) bond motifs is 2. The van der Waals surface area contributed by atoms with Gasteiger partial charge in [-0.2, -0.15) is 13.0 Å². The Morgan fingerprint density at radius 1 is 0.833 bits per heavy atom. The van der Waals surface area contributed by atoms with Crippen molar-refractivity contribution in [1.82, 2.24) is 9.04 Å². The molecule has 2 aliphatic rings. The van der Waals surface area contributed by atoms with E-state index in [0.717, 1.165) is 74.4 Å². The molecule has 0 spiro atoms. The number of allylic oxidation sites excluding steroid dienone is 8. The summed E-state index contributed by atoms with van der Waals surface area (Å²) in [6.07, 6.45) is 14.7. The number of hydrogen-bond donors (Lipinski definition) is 5. The number of carbonyl (C=O) groups is 1. The number of rotatable bonds is 25. The van der Waals surface area contributed by atoms with Crippen molar-refractivity contribution in [1.29, 1.82) is 0 Å². The predicted molar refractivity (Wildman–Crippen MR) is 248 cm³/mol. The van der Waals surface area contributed by atoms with Gasteiger partial charge in [0.25, 0.3) is 10.1 Å². The van der Waals surface area contributed by atoms with Gasteiger partial charge in [0.2, 0.25) is 27.5 Å². The average molecular weight is 996 g/mol. The fourth-order valence-electron chi connectivity index (χ4n) is 7.82. The van der Waals surface area contributed by atoms with Gasteiger partial charge < -0.3 is 20.0 Å². The maximum atomic E-state index is 13.8. The first kappa shape index (κ1) is 52.5. The van der Waals surface area contributed by atoms with Crippen molar-refractivity contribution >= 4 is 67.3 Å². The third kappa shape index (κ3) is 12.9. The van der Waals surface area contributed by atoms with Gasteiger partial charge in [0, 0.05) is 102 Å². The molecule has 0 bridgehead atoms. The standard InChI is InChI=1S/C43H54N4O15S4/c1-42(2)33-29-31(64-62-60-52)18-20-35(33)45(25-11-12-28-65(53,54)55)37(42)15-9-7-6-8-10-16-38-43(3,4)34-30-32(19-21-36(34)46(38)26-14-27-63-61-59-51)66(56,57)44(5)24-13-17-41(50)58-47-39(48)22-23-40(47)49/h6-10,15-16,18-23,29-30H,11-14,17,24-28H2,1-5H3,(H4-,48,49,51,52,53,54,55)/p+1. The largest absolute Gasteiger partial charge is 0.492 e. The number of sulfonamides is 1. The SMILES string of the molecule is CN(CCCC(=O)On1c(O)ccc1O)S(=O)(=O)c1ccc2c(c1)C(C)(C)C(=CC=CC=CC=CC1=[N+](CCCCS(=O)(=O)O)c3ccc(SOOO)cc3C1(C)C)N2CCCSOOO. The highest BCUT2D eigenvalue weighted by Gasteiger charge is 2.44. The molecule has 1 aromatic heterocycles. The van der Waals surface area contributed by atoms with Gasteiger partial charge in [-0.25, -0.2) is 28.0 Å². The van der Waals surface area contributed by atoms with E-state index in [1.54, 1.807) is 18.2 Å².